The lowest BCUT2D eigenvalue weighted by Crippen LogP contribution is -1.99. The fourth-order valence-electron chi connectivity index (χ4n) is 0.341. The van der Waals surface area contributed by atoms with Crippen molar-refractivity contribution in [1.29, 1.82) is 0 Å². The van der Waals surface area contributed by atoms with Crippen LogP contribution in [-0.4, -0.2) is 5.71 Å². The summed E-state index contributed by atoms with van der Waals surface area (Å²) < 4.78 is 0. The molecule has 9 heavy (non-hydrogen) atoms. The molecule has 0 bridgehead atoms. The van der Waals surface area contributed by atoms with Crippen LogP contribution in [-0.2, 0) is 0 Å². The summed E-state index contributed by atoms with van der Waals surface area (Å²) in [6.07, 6.45) is 3.77. The Kier molecular flexibility index (Phi) is 4.02. The zero-order valence-corrected chi connectivity index (χ0v) is 6.68. The van der Waals surface area contributed by atoms with Crippen molar-refractivity contribution in [3.05, 3.63) is 12.3 Å². The van der Waals surface area contributed by atoms with Crippen LogP contribution < -0.4 is 0 Å². The van der Waals surface area contributed by atoms with E-state index >= 15 is 0 Å². The highest BCUT2D eigenvalue weighted by Crippen LogP contribution is 1.95. The van der Waals surface area contributed by atoms with Gasteiger partial charge in [-0.3, -0.25) is 4.99 Å². The van der Waals surface area contributed by atoms with Crippen LogP contribution in [0.4, 0.5) is 0 Å². The first-order chi connectivity index (χ1) is 4.18. The first-order valence-electron chi connectivity index (χ1n) is 3.34. The van der Waals surface area contributed by atoms with E-state index in [4.69, 9.17) is 0 Å². The molecule has 0 aliphatic carbocycles. The van der Waals surface area contributed by atoms with Gasteiger partial charge in [0.2, 0.25) is 0 Å². The summed E-state index contributed by atoms with van der Waals surface area (Å²) >= 11 is 0. The molecule has 1 heteroatoms. The standard InChI is InChI=1S/C8H15N/c1-5-6-9-8(4)7(2)3/h5-7H,1-4H3/b6-5-,9-8+. The number of hydrogen-bond donors (Lipinski definition) is 0. The molecule has 0 saturated carbocycles. The molecule has 0 fully saturated rings. The summed E-state index contributed by atoms with van der Waals surface area (Å²) in [7, 11) is 0. The predicted molar refractivity (Wildman–Crippen MR) is 42.8 cm³/mol. The van der Waals surface area contributed by atoms with E-state index in [9.17, 15) is 0 Å². The van der Waals surface area contributed by atoms with Crippen LogP contribution in [0.2, 0.25) is 0 Å². The zero-order valence-electron chi connectivity index (χ0n) is 6.68. The molecule has 0 atom stereocenters. The number of aliphatic imine (C=N–C) groups is 1. The summed E-state index contributed by atoms with van der Waals surface area (Å²) in [6.45, 7) is 8.30. The van der Waals surface area contributed by atoms with Crippen molar-refractivity contribution in [2.75, 3.05) is 0 Å². The Hall–Kier alpha value is -0.590. The molecule has 0 N–H and O–H groups in total. The zero-order chi connectivity index (χ0) is 7.28. The topological polar surface area (TPSA) is 12.4 Å². The van der Waals surface area contributed by atoms with Crippen LogP contribution in [0.5, 0.6) is 0 Å². The fraction of sp³-hybridized carbons (Fsp3) is 0.625. The molecule has 0 saturated heterocycles. The summed E-state index contributed by atoms with van der Waals surface area (Å²) in [5.74, 6) is 0.571. The van der Waals surface area contributed by atoms with Gasteiger partial charge in [-0.25, -0.2) is 0 Å². The molecule has 0 radical (unpaired) electrons. The van der Waals surface area contributed by atoms with Crippen molar-refractivity contribution in [3.8, 4) is 0 Å². The highest BCUT2D eigenvalue weighted by Gasteiger charge is 1.93. The molecular formula is C8H15N. The molecule has 0 aliphatic heterocycles. The fourth-order valence-corrected chi connectivity index (χ4v) is 0.341. The molecule has 0 rings (SSSR count). The van der Waals surface area contributed by atoms with Gasteiger partial charge >= 0.3 is 0 Å². The van der Waals surface area contributed by atoms with Gasteiger partial charge in [0.05, 0.1) is 0 Å². The second-order valence-corrected chi connectivity index (χ2v) is 2.41. The molecule has 0 aliphatic rings. The second-order valence-electron chi connectivity index (χ2n) is 2.41. The van der Waals surface area contributed by atoms with Gasteiger partial charge in [-0.1, -0.05) is 19.9 Å². The van der Waals surface area contributed by atoms with E-state index in [1.165, 1.54) is 5.71 Å². The average Bonchev–Trinajstić information content (AvgIpc) is 1.82. The Labute approximate surface area is 57.5 Å². The van der Waals surface area contributed by atoms with Crippen molar-refractivity contribution in [2.24, 2.45) is 10.9 Å². The lowest BCUT2D eigenvalue weighted by atomic mass is 10.1. The van der Waals surface area contributed by atoms with Crippen LogP contribution in [0.3, 0.4) is 0 Å². The van der Waals surface area contributed by atoms with Gasteiger partial charge in [0.15, 0.2) is 0 Å². The highest BCUT2D eigenvalue weighted by atomic mass is 14.7. The van der Waals surface area contributed by atoms with E-state index in [0.717, 1.165) is 0 Å². The minimum atomic E-state index is 0.571. The first-order valence-corrected chi connectivity index (χ1v) is 3.34. The van der Waals surface area contributed by atoms with Gasteiger partial charge in [-0.15, -0.1) is 0 Å². The van der Waals surface area contributed by atoms with Crippen molar-refractivity contribution in [3.63, 3.8) is 0 Å². The Bertz CT molecular complexity index is 121. The molecule has 0 aromatic heterocycles. The van der Waals surface area contributed by atoms with Gasteiger partial charge in [0.1, 0.15) is 0 Å². The third-order valence-electron chi connectivity index (χ3n) is 1.26. The Morgan fingerprint density at radius 3 is 2.33 bits per heavy atom. The SMILES string of the molecule is C/C=C\N=C(/C)C(C)C. The maximum atomic E-state index is 4.18. The van der Waals surface area contributed by atoms with Gasteiger partial charge in [0, 0.05) is 11.9 Å². The molecule has 0 amide bonds. The molecule has 0 spiro atoms. The van der Waals surface area contributed by atoms with Crippen molar-refractivity contribution < 1.29 is 0 Å². The third kappa shape index (κ3) is 3.95. The average molecular weight is 125 g/mol. The van der Waals surface area contributed by atoms with Crippen molar-refractivity contribution in [2.45, 2.75) is 27.7 Å². The summed E-state index contributed by atoms with van der Waals surface area (Å²) in [5, 5.41) is 0. The van der Waals surface area contributed by atoms with E-state index in [0.29, 0.717) is 5.92 Å². The Morgan fingerprint density at radius 2 is 2.00 bits per heavy atom. The van der Waals surface area contributed by atoms with Crippen molar-refractivity contribution in [1.82, 2.24) is 0 Å². The van der Waals surface area contributed by atoms with Gasteiger partial charge in [-0.05, 0) is 19.8 Å². The summed E-state index contributed by atoms with van der Waals surface area (Å²) in [5.41, 5.74) is 1.19. The normalized spacial score (nSPS) is 13.7. The van der Waals surface area contributed by atoms with Crippen LogP contribution in [0.15, 0.2) is 17.3 Å². The third-order valence-corrected chi connectivity index (χ3v) is 1.26. The molecular weight excluding hydrogens is 110 g/mol. The van der Waals surface area contributed by atoms with E-state index < -0.39 is 0 Å². The molecule has 0 aromatic rings. The number of hydrogen-bond acceptors (Lipinski definition) is 1. The minimum absolute atomic E-state index is 0.571. The Balaban J connectivity index is 3.84. The first kappa shape index (κ1) is 8.41. The summed E-state index contributed by atoms with van der Waals surface area (Å²) in [4.78, 5) is 4.18. The van der Waals surface area contributed by atoms with E-state index in [-0.39, 0.29) is 0 Å². The van der Waals surface area contributed by atoms with Crippen LogP contribution in [0, 0.1) is 5.92 Å². The molecule has 52 valence electrons. The maximum Gasteiger partial charge on any atom is 0.0224 e. The lowest BCUT2D eigenvalue weighted by Gasteiger charge is -1.99. The maximum absolute atomic E-state index is 4.18. The second kappa shape index (κ2) is 4.30. The largest absolute Gasteiger partial charge is 0.266 e. The van der Waals surface area contributed by atoms with Crippen LogP contribution >= 0.6 is 0 Å². The molecule has 0 heterocycles. The van der Waals surface area contributed by atoms with E-state index in [2.05, 4.69) is 18.8 Å². The molecule has 1 nitrogen and oxygen atoms in total. The highest BCUT2D eigenvalue weighted by molar-refractivity contribution is 5.84. The minimum Gasteiger partial charge on any atom is -0.266 e. The smallest absolute Gasteiger partial charge is 0.0224 e. The van der Waals surface area contributed by atoms with Crippen LogP contribution in [0.1, 0.15) is 27.7 Å². The Morgan fingerprint density at radius 1 is 1.44 bits per heavy atom. The van der Waals surface area contributed by atoms with Gasteiger partial charge < -0.3 is 0 Å². The van der Waals surface area contributed by atoms with Crippen LogP contribution in [0.25, 0.3) is 0 Å². The molecule has 0 aromatic carbocycles. The van der Waals surface area contributed by atoms with E-state index in [1.807, 2.05) is 26.1 Å². The number of rotatable bonds is 2. The predicted octanol–water partition coefficient (Wildman–Crippen LogP) is 2.64. The molecule has 0 unspecified atom stereocenters. The number of allylic oxidation sites excluding steroid dienone is 1. The van der Waals surface area contributed by atoms with Gasteiger partial charge in [0.25, 0.3) is 0 Å². The van der Waals surface area contributed by atoms with Crippen molar-refractivity contribution >= 4 is 5.71 Å². The summed E-state index contributed by atoms with van der Waals surface area (Å²) in [6, 6.07) is 0. The van der Waals surface area contributed by atoms with Gasteiger partial charge in [-0.2, -0.15) is 0 Å². The monoisotopic (exact) mass is 125 g/mol. The van der Waals surface area contributed by atoms with E-state index in [1.54, 1.807) is 0 Å². The lowest BCUT2D eigenvalue weighted by molar-refractivity contribution is 0.878. The quantitative estimate of drug-likeness (QED) is 0.503. The number of nitrogens with zero attached hydrogens (tertiary/aromatic N) is 1.